The molecule has 1 heterocycles. The molecule has 72 valence electrons. The van der Waals surface area contributed by atoms with E-state index in [0.29, 0.717) is 5.76 Å². The predicted octanol–water partition coefficient (Wildman–Crippen LogP) is 2.67. The van der Waals surface area contributed by atoms with Gasteiger partial charge in [-0.15, -0.1) is 0 Å². The number of rotatable bonds is 2. The second kappa shape index (κ2) is 3.68. The minimum atomic E-state index is -0.662. The highest BCUT2D eigenvalue weighted by Gasteiger charge is 2.12. The van der Waals surface area contributed by atoms with Gasteiger partial charge in [0.25, 0.3) is 0 Å². The largest absolute Gasteiger partial charge is 0.463 e. The summed E-state index contributed by atoms with van der Waals surface area (Å²) in [6.07, 6.45) is -0.662. The minimum Gasteiger partial charge on any atom is -0.463 e. The molecule has 1 atom stereocenters. The standard InChI is InChI=1S/C12H12O2/c1-9-7-8-11(14-9)12(13)10-5-3-2-4-6-10/h2-8,12-13H,1H3. The van der Waals surface area contributed by atoms with E-state index in [1.54, 1.807) is 6.07 Å². The maximum atomic E-state index is 9.91. The fraction of sp³-hybridized carbons (Fsp3) is 0.167. The molecule has 2 aromatic rings. The summed E-state index contributed by atoms with van der Waals surface area (Å²) in [5.41, 5.74) is 0.849. The van der Waals surface area contributed by atoms with E-state index >= 15 is 0 Å². The van der Waals surface area contributed by atoms with Gasteiger partial charge in [-0.1, -0.05) is 30.3 Å². The van der Waals surface area contributed by atoms with Gasteiger partial charge in [-0.25, -0.2) is 0 Å². The summed E-state index contributed by atoms with van der Waals surface area (Å²) in [6.45, 7) is 1.86. The molecule has 2 rings (SSSR count). The quantitative estimate of drug-likeness (QED) is 0.786. The van der Waals surface area contributed by atoms with Crippen molar-refractivity contribution in [2.75, 3.05) is 0 Å². The highest BCUT2D eigenvalue weighted by Crippen LogP contribution is 2.22. The molecule has 1 unspecified atom stereocenters. The molecule has 1 aromatic heterocycles. The van der Waals surface area contributed by atoms with E-state index in [2.05, 4.69) is 0 Å². The van der Waals surface area contributed by atoms with Gasteiger partial charge in [0.05, 0.1) is 0 Å². The summed E-state index contributed by atoms with van der Waals surface area (Å²) in [4.78, 5) is 0. The van der Waals surface area contributed by atoms with E-state index in [-0.39, 0.29) is 0 Å². The highest BCUT2D eigenvalue weighted by atomic mass is 16.4. The van der Waals surface area contributed by atoms with Crippen molar-refractivity contribution in [2.24, 2.45) is 0 Å². The van der Waals surface area contributed by atoms with Crippen LogP contribution in [0.3, 0.4) is 0 Å². The van der Waals surface area contributed by atoms with E-state index in [0.717, 1.165) is 11.3 Å². The first-order valence-corrected chi connectivity index (χ1v) is 4.57. The number of furan rings is 1. The van der Waals surface area contributed by atoms with Gasteiger partial charge in [0.2, 0.25) is 0 Å². The van der Waals surface area contributed by atoms with Gasteiger partial charge in [-0.3, -0.25) is 0 Å². The lowest BCUT2D eigenvalue weighted by atomic mass is 10.1. The van der Waals surface area contributed by atoms with Crippen LogP contribution in [0.2, 0.25) is 0 Å². The third-order valence-corrected chi connectivity index (χ3v) is 2.15. The molecule has 2 heteroatoms. The average molecular weight is 188 g/mol. The second-order valence-electron chi connectivity index (χ2n) is 3.26. The molecule has 0 radical (unpaired) electrons. The Hall–Kier alpha value is -1.54. The van der Waals surface area contributed by atoms with Crippen molar-refractivity contribution >= 4 is 0 Å². The van der Waals surface area contributed by atoms with Crippen LogP contribution in [0.25, 0.3) is 0 Å². The van der Waals surface area contributed by atoms with Crippen LogP contribution in [0.4, 0.5) is 0 Å². The highest BCUT2D eigenvalue weighted by molar-refractivity contribution is 5.24. The Labute approximate surface area is 82.8 Å². The van der Waals surface area contributed by atoms with Crippen LogP contribution in [-0.2, 0) is 0 Å². The van der Waals surface area contributed by atoms with Gasteiger partial charge in [0.1, 0.15) is 17.6 Å². The molecule has 0 aliphatic heterocycles. The van der Waals surface area contributed by atoms with Gasteiger partial charge in [0, 0.05) is 0 Å². The maximum absolute atomic E-state index is 9.91. The Bertz CT molecular complexity index is 403. The monoisotopic (exact) mass is 188 g/mol. The average Bonchev–Trinajstić information content (AvgIpc) is 2.65. The Morgan fingerprint density at radius 3 is 2.36 bits per heavy atom. The van der Waals surface area contributed by atoms with E-state index in [4.69, 9.17) is 4.42 Å². The lowest BCUT2D eigenvalue weighted by molar-refractivity contribution is 0.187. The summed E-state index contributed by atoms with van der Waals surface area (Å²) in [5.74, 6) is 1.41. The Kier molecular flexibility index (Phi) is 2.37. The van der Waals surface area contributed by atoms with Crippen molar-refractivity contribution in [2.45, 2.75) is 13.0 Å². The van der Waals surface area contributed by atoms with Crippen molar-refractivity contribution < 1.29 is 9.52 Å². The van der Waals surface area contributed by atoms with Crippen molar-refractivity contribution in [1.29, 1.82) is 0 Å². The van der Waals surface area contributed by atoms with Crippen LogP contribution in [0, 0.1) is 6.92 Å². The van der Waals surface area contributed by atoms with Crippen molar-refractivity contribution in [3.63, 3.8) is 0 Å². The molecule has 0 fully saturated rings. The molecule has 0 saturated carbocycles. The molecule has 0 amide bonds. The third-order valence-electron chi connectivity index (χ3n) is 2.15. The molecule has 0 saturated heterocycles. The van der Waals surface area contributed by atoms with Gasteiger partial charge < -0.3 is 9.52 Å². The van der Waals surface area contributed by atoms with Gasteiger partial charge in [-0.2, -0.15) is 0 Å². The summed E-state index contributed by atoms with van der Waals surface area (Å²) < 4.78 is 5.35. The Morgan fingerprint density at radius 2 is 1.79 bits per heavy atom. The molecule has 0 bridgehead atoms. The maximum Gasteiger partial charge on any atom is 0.137 e. The third kappa shape index (κ3) is 1.70. The van der Waals surface area contributed by atoms with Crippen molar-refractivity contribution in [3.05, 3.63) is 59.5 Å². The zero-order valence-corrected chi connectivity index (χ0v) is 7.97. The fourth-order valence-electron chi connectivity index (χ4n) is 1.40. The number of aliphatic hydroxyl groups excluding tert-OH is 1. The number of hydrogen-bond donors (Lipinski definition) is 1. The van der Waals surface area contributed by atoms with E-state index in [1.807, 2.05) is 43.3 Å². The molecule has 2 nitrogen and oxygen atoms in total. The fourth-order valence-corrected chi connectivity index (χ4v) is 1.40. The normalized spacial score (nSPS) is 12.7. The zero-order chi connectivity index (χ0) is 9.97. The number of hydrogen-bond acceptors (Lipinski definition) is 2. The molecule has 14 heavy (non-hydrogen) atoms. The van der Waals surface area contributed by atoms with Crippen LogP contribution in [0.5, 0.6) is 0 Å². The molecule has 0 spiro atoms. The second-order valence-corrected chi connectivity index (χ2v) is 3.26. The SMILES string of the molecule is Cc1ccc(C(O)c2ccccc2)o1. The minimum absolute atomic E-state index is 0.591. The van der Waals surface area contributed by atoms with E-state index in [9.17, 15) is 5.11 Å². The number of benzene rings is 1. The zero-order valence-electron chi connectivity index (χ0n) is 7.97. The van der Waals surface area contributed by atoms with Gasteiger partial charge in [-0.05, 0) is 24.6 Å². The number of aryl methyl sites for hydroxylation is 1. The van der Waals surface area contributed by atoms with Crippen LogP contribution in [0.1, 0.15) is 23.2 Å². The predicted molar refractivity (Wildman–Crippen MR) is 53.9 cm³/mol. The van der Waals surface area contributed by atoms with Crippen LogP contribution >= 0.6 is 0 Å². The summed E-state index contributed by atoms with van der Waals surface area (Å²) in [6, 6.07) is 13.1. The first kappa shape index (κ1) is 9.03. The Balaban J connectivity index is 2.29. The lowest BCUT2D eigenvalue weighted by Gasteiger charge is -2.06. The lowest BCUT2D eigenvalue weighted by Crippen LogP contribution is -1.96. The van der Waals surface area contributed by atoms with Crippen LogP contribution in [-0.4, -0.2) is 5.11 Å². The smallest absolute Gasteiger partial charge is 0.137 e. The van der Waals surface area contributed by atoms with Crippen molar-refractivity contribution in [3.8, 4) is 0 Å². The van der Waals surface area contributed by atoms with Crippen molar-refractivity contribution in [1.82, 2.24) is 0 Å². The topological polar surface area (TPSA) is 33.4 Å². The first-order valence-electron chi connectivity index (χ1n) is 4.57. The molecular formula is C12H12O2. The first-order chi connectivity index (χ1) is 6.77. The number of aliphatic hydroxyl groups is 1. The van der Waals surface area contributed by atoms with Crippen LogP contribution < -0.4 is 0 Å². The van der Waals surface area contributed by atoms with Crippen LogP contribution in [0.15, 0.2) is 46.9 Å². The summed E-state index contributed by atoms with van der Waals surface area (Å²) in [7, 11) is 0. The van der Waals surface area contributed by atoms with E-state index < -0.39 is 6.10 Å². The molecular weight excluding hydrogens is 176 g/mol. The molecule has 0 aliphatic rings. The molecule has 1 N–H and O–H groups in total. The molecule has 1 aromatic carbocycles. The Morgan fingerprint density at radius 1 is 1.07 bits per heavy atom. The van der Waals surface area contributed by atoms with E-state index in [1.165, 1.54) is 0 Å². The summed E-state index contributed by atoms with van der Waals surface area (Å²) >= 11 is 0. The van der Waals surface area contributed by atoms with Gasteiger partial charge in [0.15, 0.2) is 0 Å². The van der Waals surface area contributed by atoms with Gasteiger partial charge >= 0.3 is 0 Å². The summed E-state index contributed by atoms with van der Waals surface area (Å²) in [5, 5.41) is 9.91. The molecule has 0 aliphatic carbocycles.